The number of amides is 2. The molecule has 0 aromatic carbocycles. The van der Waals surface area contributed by atoms with Crippen LogP contribution in [0.1, 0.15) is 32.6 Å². The summed E-state index contributed by atoms with van der Waals surface area (Å²) >= 11 is 0. The van der Waals surface area contributed by atoms with E-state index >= 15 is 0 Å². The van der Waals surface area contributed by atoms with E-state index in [4.69, 9.17) is 4.74 Å². The van der Waals surface area contributed by atoms with E-state index in [9.17, 15) is 9.59 Å². The number of hydrogen-bond donors (Lipinski definition) is 0. The van der Waals surface area contributed by atoms with Gasteiger partial charge < -0.3 is 14.5 Å². The lowest BCUT2D eigenvalue weighted by Crippen LogP contribution is -2.42. The van der Waals surface area contributed by atoms with Gasteiger partial charge in [0.15, 0.2) is 0 Å². The monoisotopic (exact) mass is 268 g/mol. The fraction of sp³-hybridized carbons (Fsp3) is 0.857. The summed E-state index contributed by atoms with van der Waals surface area (Å²) in [7, 11) is 1.63. The normalized spacial score (nSPS) is 25.8. The maximum atomic E-state index is 12.4. The molecule has 2 aliphatic rings. The zero-order chi connectivity index (χ0) is 13.8. The minimum Gasteiger partial charge on any atom is -0.383 e. The molecule has 2 amide bonds. The summed E-state index contributed by atoms with van der Waals surface area (Å²) in [5.74, 6) is 0.102. The Morgan fingerprint density at radius 3 is 2.68 bits per heavy atom. The largest absolute Gasteiger partial charge is 0.383 e. The SMILES string of the molecule is COC[C@H](C)N1C[C@H](C(=O)N2CCCCC2)CC1=O. The summed E-state index contributed by atoms with van der Waals surface area (Å²) in [4.78, 5) is 28.1. The van der Waals surface area contributed by atoms with E-state index in [1.54, 1.807) is 12.0 Å². The number of rotatable bonds is 4. The third-order valence-electron chi connectivity index (χ3n) is 4.12. The molecule has 0 bridgehead atoms. The van der Waals surface area contributed by atoms with E-state index in [1.807, 2.05) is 11.8 Å². The minimum atomic E-state index is -0.148. The first-order chi connectivity index (χ1) is 9.13. The van der Waals surface area contributed by atoms with Crippen molar-refractivity contribution in [1.29, 1.82) is 0 Å². The highest BCUT2D eigenvalue weighted by molar-refractivity contribution is 5.89. The molecular weight excluding hydrogens is 244 g/mol. The molecule has 0 radical (unpaired) electrons. The third kappa shape index (κ3) is 3.26. The van der Waals surface area contributed by atoms with Gasteiger partial charge in [-0.05, 0) is 26.2 Å². The lowest BCUT2D eigenvalue weighted by atomic mass is 10.0. The first kappa shape index (κ1) is 14.3. The summed E-state index contributed by atoms with van der Waals surface area (Å²) in [5, 5.41) is 0. The van der Waals surface area contributed by atoms with Crippen LogP contribution in [-0.4, -0.2) is 61.0 Å². The zero-order valence-corrected chi connectivity index (χ0v) is 11.9. The smallest absolute Gasteiger partial charge is 0.227 e. The van der Waals surface area contributed by atoms with Gasteiger partial charge in [-0.3, -0.25) is 9.59 Å². The molecule has 108 valence electrons. The van der Waals surface area contributed by atoms with Gasteiger partial charge in [0.05, 0.1) is 18.6 Å². The van der Waals surface area contributed by atoms with Crippen LogP contribution in [0.4, 0.5) is 0 Å². The summed E-state index contributed by atoms with van der Waals surface area (Å²) in [5.41, 5.74) is 0. The highest BCUT2D eigenvalue weighted by Crippen LogP contribution is 2.23. The van der Waals surface area contributed by atoms with Gasteiger partial charge in [-0.1, -0.05) is 0 Å². The molecule has 5 heteroatoms. The van der Waals surface area contributed by atoms with Crippen LogP contribution in [-0.2, 0) is 14.3 Å². The molecule has 0 aliphatic carbocycles. The molecule has 2 atom stereocenters. The number of ether oxygens (including phenoxy) is 1. The zero-order valence-electron chi connectivity index (χ0n) is 11.9. The Morgan fingerprint density at radius 1 is 1.37 bits per heavy atom. The van der Waals surface area contributed by atoms with Crippen molar-refractivity contribution in [3.8, 4) is 0 Å². The van der Waals surface area contributed by atoms with Crippen molar-refractivity contribution in [2.75, 3.05) is 33.4 Å². The highest BCUT2D eigenvalue weighted by Gasteiger charge is 2.38. The van der Waals surface area contributed by atoms with Gasteiger partial charge in [-0.2, -0.15) is 0 Å². The molecule has 2 fully saturated rings. The average molecular weight is 268 g/mol. The molecule has 0 spiro atoms. The van der Waals surface area contributed by atoms with Crippen LogP contribution in [0.5, 0.6) is 0 Å². The van der Waals surface area contributed by atoms with Gasteiger partial charge in [0, 0.05) is 33.2 Å². The summed E-state index contributed by atoms with van der Waals surface area (Å²) in [6, 6.07) is 0.0525. The molecule has 2 heterocycles. The van der Waals surface area contributed by atoms with Crippen LogP contribution in [0.25, 0.3) is 0 Å². The van der Waals surface area contributed by atoms with Crippen LogP contribution < -0.4 is 0 Å². The van der Waals surface area contributed by atoms with Crippen LogP contribution >= 0.6 is 0 Å². The molecule has 2 aliphatic heterocycles. The fourth-order valence-corrected chi connectivity index (χ4v) is 3.03. The molecule has 0 unspecified atom stereocenters. The molecule has 0 aromatic rings. The van der Waals surface area contributed by atoms with Crippen molar-refractivity contribution in [3.05, 3.63) is 0 Å². The average Bonchev–Trinajstić information content (AvgIpc) is 2.81. The molecule has 19 heavy (non-hydrogen) atoms. The van der Waals surface area contributed by atoms with Crippen molar-refractivity contribution < 1.29 is 14.3 Å². The van der Waals surface area contributed by atoms with E-state index < -0.39 is 0 Å². The molecular formula is C14H24N2O3. The standard InChI is InChI=1S/C14H24N2O3/c1-11(10-19-2)16-9-12(8-13(16)17)14(18)15-6-4-3-5-7-15/h11-12H,3-10H2,1-2H3/t11-,12+/m0/s1. The second-order valence-corrected chi connectivity index (χ2v) is 5.64. The van der Waals surface area contributed by atoms with E-state index in [0.717, 1.165) is 25.9 Å². The predicted molar refractivity (Wildman–Crippen MR) is 71.6 cm³/mol. The van der Waals surface area contributed by atoms with Crippen molar-refractivity contribution in [2.24, 2.45) is 5.92 Å². The van der Waals surface area contributed by atoms with E-state index in [2.05, 4.69) is 0 Å². The molecule has 0 saturated carbocycles. The Labute approximate surface area is 114 Å². The Morgan fingerprint density at radius 2 is 2.05 bits per heavy atom. The van der Waals surface area contributed by atoms with Gasteiger partial charge in [-0.15, -0.1) is 0 Å². The van der Waals surface area contributed by atoms with Crippen LogP contribution in [0.15, 0.2) is 0 Å². The topological polar surface area (TPSA) is 49.9 Å². The van der Waals surface area contributed by atoms with Crippen LogP contribution in [0.3, 0.4) is 0 Å². The Balaban J connectivity index is 1.92. The molecule has 5 nitrogen and oxygen atoms in total. The molecule has 2 rings (SSSR count). The lowest BCUT2D eigenvalue weighted by Gasteiger charge is -2.29. The summed E-state index contributed by atoms with van der Waals surface area (Å²) < 4.78 is 5.09. The maximum Gasteiger partial charge on any atom is 0.227 e. The van der Waals surface area contributed by atoms with Crippen molar-refractivity contribution in [2.45, 2.75) is 38.6 Å². The highest BCUT2D eigenvalue weighted by atomic mass is 16.5. The van der Waals surface area contributed by atoms with Crippen LogP contribution in [0, 0.1) is 5.92 Å². The third-order valence-corrected chi connectivity index (χ3v) is 4.12. The Kier molecular flexibility index (Phi) is 4.80. The summed E-state index contributed by atoms with van der Waals surface area (Å²) in [6.07, 6.45) is 3.76. The van der Waals surface area contributed by atoms with Crippen molar-refractivity contribution in [1.82, 2.24) is 9.80 Å². The second kappa shape index (κ2) is 6.37. The number of piperidine rings is 1. The number of carbonyl (C=O) groups excluding carboxylic acids is 2. The molecule has 2 saturated heterocycles. The van der Waals surface area contributed by atoms with Gasteiger partial charge in [0.25, 0.3) is 0 Å². The van der Waals surface area contributed by atoms with E-state index in [-0.39, 0.29) is 23.8 Å². The number of methoxy groups -OCH3 is 1. The maximum absolute atomic E-state index is 12.4. The Hall–Kier alpha value is -1.10. The van der Waals surface area contributed by atoms with E-state index in [0.29, 0.717) is 19.6 Å². The molecule has 0 N–H and O–H groups in total. The number of likely N-dealkylation sites (tertiary alicyclic amines) is 2. The molecule has 0 aromatic heterocycles. The van der Waals surface area contributed by atoms with Gasteiger partial charge in [-0.25, -0.2) is 0 Å². The number of carbonyl (C=O) groups is 2. The quantitative estimate of drug-likeness (QED) is 0.760. The minimum absolute atomic E-state index is 0.0525. The summed E-state index contributed by atoms with van der Waals surface area (Å²) in [6.45, 7) is 4.76. The van der Waals surface area contributed by atoms with Gasteiger partial charge >= 0.3 is 0 Å². The lowest BCUT2D eigenvalue weighted by molar-refractivity contribution is -0.136. The Bertz CT molecular complexity index is 340. The van der Waals surface area contributed by atoms with Crippen LogP contribution in [0.2, 0.25) is 0 Å². The first-order valence-corrected chi connectivity index (χ1v) is 7.20. The predicted octanol–water partition coefficient (Wildman–Crippen LogP) is 0.882. The number of nitrogens with zero attached hydrogens (tertiary/aromatic N) is 2. The fourth-order valence-electron chi connectivity index (χ4n) is 3.03. The number of hydrogen-bond acceptors (Lipinski definition) is 3. The van der Waals surface area contributed by atoms with Gasteiger partial charge in [0.2, 0.25) is 11.8 Å². The van der Waals surface area contributed by atoms with E-state index in [1.165, 1.54) is 6.42 Å². The van der Waals surface area contributed by atoms with Gasteiger partial charge in [0.1, 0.15) is 0 Å². The van der Waals surface area contributed by atoms with Crippen molar-refractivity contribution in [3.63, 3.8) is 0 Å². The second-order valence-electron chi connectivity index (χ2n) is 5.64. The van der Waals surface area contributed by atoms with Crippen molar-refractivity contribution >= 4 is 11.8 Å². The first-order valence-electron chi connectivity index (χ1n) is 7.20.